The normalized spacial score (nSPS) is 33.6. The summed E-state index contributed by atoms with van der Waals surface area (Å²) in [7, 11) is 0. The molecule has 1 aliphatic carbocycles. The highest BCUT2D eigenvalue weighted by molar-refractivity contribution is 5.86. The second-order valence-corrected chi connectivity index (χ2v) is 4.98. The van der Waals surface area contributed by atoms with Crippen molar-refractivity contribution in [1.29, 1.82) is 0 Å². The standard InChI is InChI=1S/C12H19NO3/c1-2-8-5-6-13(7-8)11(14)9-3-4-10(9)12(15)16/h8-10H,2-7H2,1H3,(H,15,16). The molecule has 3 atom stereocenters. The van der Waals surface area contributed by atoms with Crippen LogP contribution in [0.5, 0.6) is 0 Å². The summed E-state index contributed by atoms with van der Waals surface area (Å²) in [6.45, 7) is 3.79. The number of likely N-dealkylation sites (tertiary alicyclic amines) is 1. The zero-order chi connectivity index (χ0) is 11.7. The maximum absolute atomic E-state index is 12.1. The van der Waals surface area contributed by atoms with Crippen LogP contribution in [-0.2, 0) is 9.59 Å². The van der Waals surface area contributed by atoms with Crippen LogP contribution in [0.25, 0.3) is 0 Å². The van der Waals surface area contributed by atoms with E-state index in [-0.39, 0.29) is 11.8 Å². The number of hydrogen-bond acceptors (Lipinski definition) is 2. The van der Waals surface area contributed by atoms with E-state index < -0.39 is 11.9 Å². The third-order valence-electron chi connectivity index (χ3n) is 4.08. The first-order valence-electron chi connectivity index (χ1n) is 6.15. The first-order valence-corrected chi connectivity index (χ1v) is 6.15. The van der Waals surface area contributed by atoms with Crippen molar-refractivity contribution >= 4 is 11.9 Å². The van der Waals surface area contributed by atoms with Crippen LogP contribution in [0.2, 0.25) is 0 Å². The van der Waals surface area contributed by atoms with Crippen LogP contribution in [0.3, 0.4) is 0 Å². The Morgan fingerprint density at radius 3 is 2.38 bits per heavy atom. The van der Waals surface area contributed by atoms with Crippen molar-refractivity contribution in [2.75, 3.05) is 13.1 Å². The Morgan fingerprint density at radius 1 is 1.25 bits per heavy atom. The minimum Gasteiger partial charge on any atom is -0.481 e. The molecule has 2 aliphatic rings. The van der Waals surface area contributed by atoms with E-state index in [1.807, 2.05) is 4.90 Å². The second-order valence-electron chi connectivity index (χ2n) is 4.98. The second kappa shape index (κ2) is 4.44. The van der Waals surface area contributed by atoms with E-state index in [2.05, 4.69) is 6.92 Å². The van der Waals surface area contributed by atoms with Gasteiger partial charge in [0.05, 0.1) is 11.8 Å². The Balaban J connectivity index is 1.91. The van der Waals surface area contributed by atoms with E-state index in [0.717, 1.165) is 32.4 Å². The first kappa shape index (κ1) is 11.4. The van der Waals surface area contributed by atoms with Crippen LogP contribution in [0.4, 0.5) is 0 Å². The van der Waals surface area contributed by atoms with Crippen molar-refractivity contribution in [2.24, 2.45) is 17.8 Å². The van der Waals surface area contributed by atoms with Crippen molar-refractivity contribution < 1.29 is 14.7 Å². The molecular weight excluding hydrogens is 206 g/mol. The molecule has 4 heteroatoms. The number of amides is 1. The van der Waals surface area contributed by atoms with E-state index in [1.54, 1.807) is 0 Å². The molecule has 4 nitrogen and oxygen atoms in total. The van der Waals surface area contributed by atoms with Gasteiger partial charge in [-0.15, -0.1) is 0 Å². The molecule has 0 aromatic rings. The minimum atomic E-state index is -0.809. The lowest BCUT2D eigenvalue weighted by atomic mass is 9.73. The van der Waals surface area contributed by atoms with Crippen molar-refractivity contribution in [3.05, 3.63) is 0 Å². The van der Waals surface area contributed by atoms with Gasteiger partial charge in [-0.05, 0) is 25.2 Å². The van der Waals surface area contributed by atoms with Gasteiger partial charge in [0.15, 0.2) is 0 Å². The van der Waals surface area contributed by atoms with E-state index >= 15 is 0 Å². The molecule has 90 valence electrons. The average Bonchev–Trinajstić information content (AvgIpc) is 2.62. The fourth-order valence-electron chi connectivity index (χ4n) is 2.69. The molecule has 1 saturated heterocycles. The lowest BCUT2D eigenvalue weighted by Crippen LogP contribution is -2.45. The molecular formula is C12H19NO3. The lowest BCUT2D eigenvalue weighted by Gasteiger charge is -2.35. The molecule has 0 radical (unpaired) electrons. The van der Waals surface area contributed by atoms with Gasteiger partial charge in [0.1, 0.15) is 0 Å². The van der Waals surface area contributed by atoms with Gasteiger partial charge in [0.25, 0.3) is 0 Å². The summed E-state index contributed by atoms with van der Waals surface area (Å²) in [5.74, 6) is -0.779. The third kappa shape index (κ3) is 1.93. The van der Waals surface area contributed by atoms with Gasteiger partial charge in [-0.1, -0.05) is 13.3 Å². The molecule has 0 aromatic heterocycles. The summed E-state index contributed by atoms with van der Waals surface area (Å²) < 4.78 is 0. The molecule has 0 spiro atoms. The summed E-state index contributed by atoms with van der Waals surface area (Å²) in [6.07, 6.45) is 3.60. The zero-order valence-electron chi connectivity index (χ0n) is 9.69. The van der Waals surface area contributed by atoms with Crippen LogP contribution in [-0.4, -0.2) is 35.0 Å². The molecule has 3 unspecified atom stereocenters. The molecule has 1 amide bonds. The zero-order valence-corrected chi connectivity index (χ0v) is 9.69. The molecule has 0 bridgehead atoms. The van der Waals surface area contributed by atoms with E-state index in [1.165, 1.54) is 0 Å². The maximum atomic E-state index is 12.1. The highest BCUT2D eigenvalue weighted by Crippen LogP contribution is 2.37. The van der Waals surface area contributed by atoms with Gasteiger partial charge in [-0.25, -0.2) is 0 Å². The molecule has 1 saturated carbocycles. The third-order valence-corrected chi connectivity index (χ3v) is 4.08. The highest BCUT2D eigenvalue weighted by Gasteiger charge is 2.44. The Morgan fingerprint density at radius 2 is 1.94 bits per heavy atom. The predicted octanol–water partition coefficient (Wildman–Crippen LogP) is 1.36. The fraction of sp³-hybridized carbons (Fsp3) is 0.833. The van der Waals surface area contributed by atoms with Gasteiger partial charge in [-0.3, -0.25) is 9.59 Å². The first-order chi connectivity index (χ1) is 7.63. The van der Waals surface area contributed by atoms with Crippen LogP contribution >= 0.6 is 0 Å². The van der Waals surface area contributed by atoms with Gasteiger partial charge >= 0.3 is 5.97 Å². The SMILES string of the molecule is CCC1CCN(C(=O)C2CCC2C(=O)O)C1. The van der Waals surface area contributed by atoms with Gasteiger partial charge in [0, 0.05) is 13.1 Å². The van der Waals surface area contributed by atoms with Gasteiger partial charge < -0.3 is 10.0 Å². The van der Waals surface area contributed by atoms with E-state index in [9.17, 15) is 9.59 Å². The number of rotatable bonds is 3. The molecule has 1 N–H and O–H groups in total. The van der Waals surface area contributed by atoms with Crippen LogP contribution in [0, 0.1) is 17.8 Å². The molecule has 1 heterocycles. The summed E-state index contributed by atoms with van der Waals surface area (Å²) in [4.78, 5) is 24.8. The Hall–Kier alpha value is -1.06. The van der Waals surface area contributed by atoms with E-state index in [4.69, 9.17) is 5.11 Å². The van der Waals surface area contributed by atoms with Crippen LogP contribution in [0.15, 0.2) is 0 Å². The largest absolute Gasteiger partial charge is 0.481 e. The summed E-state index contributed by atoms with van der Waals surface area (Å²) >= 11 is 0. The summed E-state index contributed by atoms with van der Waals surface area (Å²) in [5, 5.41) is 8.92. The number of hydrogen-bond donors (Lipinski definition) is 1. The van der Waals surface area contributed by atoms with Gasteiger partial charge in [-0.2, -0.15) is 0 Å². The predicted molar refractivity (Wildman–Crippen MR) is 58.8 cm³/mol. The Kier molecular flexibility index (Phi) is 3.17. The van der Waals surface area contributed by atoms with Crippen molar-refractivity contribution in [2.45, 2.75) is 32.6 Å². The molecule has 16 heavy (non-hydrogen) atoms. The number of carboxylic acids is 1. The van der Waals surface area contributed by atoms with Crippen molar-refractivity contribution in [3.63, 3.8) is 0 Å². The highest BCUT2D eigenvalue weighted by atomic mass is 16.4. The van der Waals surface area contributed by atoms with E-state index in [0.29, 0.717) is 12.3 Å². The lowest BCUT2D eigenvalue weighted by molar-refractivity contribution is -0.156. The van der Waals surface area contributed by atoms with Crippen molar-refractivity contribution in [3.8, 4) is 0 Å². The Bertz CT molecular complexity index is 303. The van der Waals surface area contributed by atoms with Crippen LogP contribution in [0.1, 0.15) is 32.6 Å². The quantitative estimate of drug-likeness (QED) is 0.789. The molecule has 2 rings (SSSR count). The molecule has 1 aliphatic heterocycles. The molecule has 2 fully saturated rings. The minimum absolute atomic E-state index is 0.0783. The average molecular weight is 225 g/mol. The Labute approximate surface area is 95.6 Å². The fourth-order valence-corrected chi connectivity index (χ4v) is 2.69. The number of nitrogens with zero attached hydrogens (tertiary/aromatic N) is 1. The number of carbonyl (C=O) groups excluding carboxylic acids is 1. The smallest absolute Gasteiger partial charge is 0.307 e. The number of carbonyl (C=O) groups is 2. The monoisotopic (exact) mass is 225 g/mol. The summed E-state index contributed by atoms with van der Waals surface area (Å²) in [5.41, 5.74) is 0. The number of carboxylic acid groups (broad SMARTS) is 1. The number of aliphatic carboxylic acids is 1. The van der Waals surface area contributed by atoms with Gasteiger partial charge in [0.2, 0.25) is 5.91 Å². The summed E-state index contributed by atoms with van der Waals surface area (Å²) in [6, 6.07) is 0. The molecule has 0 aromatic carbocycles. The van der Waals surface area contributed by atoms with Crippen molar-refractivity contribution in [1.82, 2.24) is 4.90 Å². The van der Waals surface area contributed by atoms with Crippen LogP contribution < -0.4 is 0 Å². The topological polar surface area (TPSA) is 57.6 Å². The maximum Gasteiger partial charge on any atom is 0.307 e.